The third-order valence-corrected chi connectivity index (χ3v) is 6.41. The Morgan fingerprint density at radius 1 is 1.24 bits per heavy atom. The van der Waals surface area contributed by atoms with Crippen LogP contribution < -0.4 is 5.73 Å². The fourth-order valence-corrected chi connectivity index (χ4v) is 4.79. The molecular formula is C28H45N. The largest absolute Gasteiger partial charge is 0.402 e. The van der Waals surface area contributed by atoms with Gasteiger partial charge in [0.1, 0.15) is 0 Å². The molecule has 0 aromatic heterocycles. The highest BCUT2D eigenvalue weighted by Gasteiger charge is 2.32. The number of allylic oxidation sites excluding steroid dienone is 10. The maximum Gasteiger partial charge on any atom is 0.00848 e. The van der Waals surface area contributed by atoms with Gasteiger partial charge in [0.05, 0.1) is 0 Å². The molecule has 1 heteroatoms. The molecule has 2 N–H and O–H groups in total. The summed E-state index contributed by atoms with van der Waals surface area (Å²) in [6.07, 6.45) is 21.7. The van der Waals surface area contributed by atoms with E-state index in [0.717, 1.165) is 18.5 Å². The van der Waals surface area contributed by atoms with Crippen molar-refractivity contribution in [3.05, 3.63) is 58.4 Å². The molecule has 29 heavy (non-hydrogen) atoms. The number of unbranched alkanes of at least 4 members (excludes halogenated alkanes) is 1. The van der Waals surface area contributed by atoms with E-state index < -0.39 is 0 Å². The van der Waals surface area contributed by atoms with Gasteiger partial charge in [0.15, 0.2) is 0 Å². The molecule has 1 nitrogen and oxygen atoms in total. The van der Waals surface area contributed by atoms with Crippen LogP contribution in [0, 0.1) is 16.7 Å². The van der Waals surface area contributed by atoms with Crippen LogP contribution >= 0.6 is 0 Å². The van der Waals surface area contributed by atoms with Gasteiger partial charge in [-0.1, -0.05) is 95.9 Å². The Balaban J connectivity index is 2.27. The number of fused-ring (bicyclic) bond motifs is 1. The van der Waals surface area contributed by atoms with Crippen molar-refractivity contribution < 1.29 is 0 Å². The molecule has 0 bridgehead atoms. The highest BCUT2D eigenvalue weighted by atomic mass is 14.6. The molecule has 1 fully saturated rings. The van der Waals surface area contributed by atoms with E-state index in [4.69, 9.17) is 5.73 Å². The highest BCUT2D eigenvalue weighted by molar-refractivity contribution is 5.41. The van der Waals surface area contributed by atoms with Gasteiger partial charge in [-0.05, 0) is 73.3 Å². The first-order chi connectivity index (χ1) is 13.5. The van der Waals surface area contributed by atoms with Gasteiger partial charge in [0.25, 0.3) is 0 Å². The summed E-state index contributed by atoms with van der Waals surface area (Å²) in [5.74, 6) is 0.607. The van der Waals surface area contributed by atoms with Crippen LogP contribution in [0.15, 0.2) is 58.4 Å². The number of nitrogens with two attached hydrogens (primary N) is 1. The highest BCUT2D eigenvalue weighted by Crippen LogP contribution is 2.45. The van der Waals surface area contributed by atoms with Gasteiger partial charge in [-0.2, -0.15) is 0 Å². The molecule has 0 heterocycles. The molecule has 0 radical (unpaired) electrons. The van der Waals surface area contributed by atoms with Crippen molar-refractivity contribution in [1.82, 2.24) is 0 Å². The minimum Gasteiger partial charge on any atom is -0.402 e. The summed E-state index contributed by atoms with van der Waals surface area (Å²) in [7, 11) is 0. The fraction of sp³-hybridized carbons (Fsp3) is 0.643. The molecular weight excluding hydrogens is 350 g/mol. The molecule has 0 aromatic rings. The van der Waals surface area contributed by atoms with Gasteiger partial charge in [-0.25, -0.2) is 0 Å². The summed E-state index contributed by atoms with van der Waals surface area (Å²) in [6.45, 7) is 16.1. The van der Waals surface area contributed by atoms with Crippen LogP contribution in [0.4, 0.5) is 0 Å². The Morgan fingerprint density at radius 2 is 1.97 bits per heavy atom. The zero-order chi connectivity index (χ0) is 21.7. The number of rotatable bonds is 7. The molecule has 1 unspecified atom stereocenters. The van der Waals surface area contributed by atoms with E-state index in [1.807, 2.05) is 0 Å². The van der Waals surface area contributed by atoms with E-state index >= 15 is 0 Å². The summed E-state index contributed by atoms with van der Waals surface area (Å²) in [5.41, 5.74) is 13.8. The minimum atomic E-state index is 0.306. The molecule has 0 aliphatic heterocycles. The smallest absolute Gasteiger partial charge is 0.00848 e. The van der Waals surface area contributed by atoms with Gasteiger partial charge >= 0.3 is 0 Å². The maximum atomic E-state index is 6.36. The van der Waals surface area contributed by atoms with Crippen molar-refractivity contribution in [3.63, 3.8) is 0 Å². The molecule has 0 aromatic carbocycles. The lowest BCUT2D eigenvalue weighted by Gasteiger charge is -2.37. The van der Waals surface area contributed by atoms with Crippen molar-refractivity contribution in [2.75, 3.05) is 0 Å². The van der Waals surface area contributed by atoms with Crippen LogP contribution in [0.3, 0.4) is 0 Å². The normalized spacial score (nSPS) is 23.0. The van der Waals surface area contributed by atoms with Gasteiger partial charge in [-0.15, -0.1) is 0 Å². The van der Waals surface area contributed by atoms with Gasteiger partial charge in [0, 0.05) is 5.70 Å². The average molecular weight is 396 g/mol. The summed E-state index contributed by atoms with van der Waals surface area (Å²) in [4.78, 5) is 0. The van der Waals surface area contributed by atoms with Crippen molar-refractivity contribution in [3.8, 4) is 0 Å². The molecule has 162 valence electrons. The first kappa shape index (κ1) is 23.8. The lowest BCUT2D eigenvalue weighted by atomic mass is 9.68. The average Bonchev–Trinajstić information content (AvgIpc) is 2.81. The number of hydrogen-bond donors (Lipinski definition) is 1. The third kappa shape index (κ3) is 7.36. The Labute approximate surface area is 180 Å². The van der Waals surface area contributed by atoms with E-state index in [0.29, 0.717) is 16.7 Å². The van der Waals surface area contributed by atoms with E-state index in [1.54, 1.807) is 11.1 Å². The molecule has 1 atom stereocenters. The zero-order valence-corrected chi connectivity index (χ0v) is 20.2. The second kappa shape index (κ2) is 10.0. The summed E-state index contributed by atoms with van der Waals surface area (Å²) >= 11 is 0. The summed E-state index contributed by atoms with van der Waals surface area (Å²) in [5, 5.41) is 0. The molecule has 1 saturated carbocycles. The zero-order valence-electron chi connectivity index (χ0n) is 20.2. The second-order valence-electron chi connectivity index (χ2n) is 11.1. The van der Waals surface area contributed by atoms with Crippen LogP contribution in [0.25, 0.3) is 0 Å². The molecule has 0 saturated heterocycles. The first-order valence-electron chi connectivity index (χ1n) is 11.8. The van der Waals surface area contributed by atoms with Gasteiger partial charge < -0.3 is 5.73 Å². The predicted octanol–water partition coefficient (Wildman–Crippen LogP) is 8.41. The summed E-state index contributed by atoms with van der Waals surface area (Å²) < 4.78 is 0. The SMILES string of the molecule is CCCC/C(=C/C(CC1=CC=C2C(C=C1)CCCC2(C)C)=C(\C)N)CC(C)(C)C. The minimum absolute atomic E-state index is 0.306. The standard InChI is InChI=1S/C28H45N/c1-8-9-11-23(20-27(3,4)5)19-25(21(2)29)18-22-13-15-24-12-10-17-28(6,7)26(24)16-14-22/h13-16,19,24H,8-12,17-18,20,29H2,1-7H3/b23-19-,25-21+. The fourth-order valence-electron chi connectivity index (χ4n) is 4.79. The van der Waals surface area contributed by atoms with E-state index in [-0.39, 0.29) is 0 Å². The lowest BCUT2D eigenvalue weighted by Crippen LogP contribution is -2.25. The topological polar surface area (TPSA) is 26.0 Å². The number of hydrogen-bond acceptors (Lipinski definition) is 1. The molecule has 2 aliphatic rings. The van der Waals surface area contributed by atoms with Crippen LogP contribution in [0.5, 0.6) is 0 Å². The first-order valence-corrected chi connectivity index (χ1v) is 11.8. The van der Waals surface area contributed by atoms with Crippen LogP contribution in [0.2, 0.25) is 0 Å². The van der Waals surface area contributed by atoms with Gasteiger partial charge in [-0.3, -0.25) is 0 Å². The van der Waals surface area contributed by atoms with Crippen molar-refractivity contribution in [1.29, 1.82) is 0 Å². The van der Waals surface area contributed by atoms with Crippen molar-refractivity contribution in [2.45, 2.75) is 99.8 Å². The monoisotopic (exact) mass is 395 g/mol. The Kier molecular flexibility index (Phi) is 8.20. The van der Waals surface area contributed by atoms with Crippen LogP contribution in [0.1, 0.15) is 99.8 Å². The lowest BCUT2D eigenvalue weighted by molar-refractivity contribution is 0.304. The van der Waals surface area contributed by atoms with E-state index in [9.17, 15) is 0 Å². The van der Waals surface area contributed by atoms with Crippen molar-refractivity contribution in [2.24, 2.45) is 22.5 Å². The Morgan fingerprint density at radius 3 is 2.59 bits per heavy atom. The van der Waals surface area contributed by atoms with Gasteiger partial charge in [0.2, 0.25) is 0 Å². The molecule has 0 amide bonds. The van der Waals surface area contributed by atoms with Crippen molar-refractivity contribution >= 4 is 0 Å². The molecule has 2 rings (SSSR count). The van der Waals surface area contributed by atoms with E-state index in [1.165, 1.54) is 49.7 Å². The molecule has 0 spiro atoms. The Bertz CT molecular complexity index is 712. The van der Waals surface area contributed by atoms with E-state index in [2.05, 4.69) is 78.8 Å². The van der Waals surface area contributed by atoms with Crippen LogP contribution in [-0.2, 0) is 0 Å². The third-order valence-electron chi connectivity index (χ3n) is 6.41. The maximum absolute atomic E-state index is 6.36. The quantitative estimate of drug-likeness (QED) is 0.430. The Hall–Kier alpha value is -1.50. The second-order valence-corrected chi connectivity index (χ2v) is 11.1. The summed E-state index contributed by atoms with van der Waals surface area (Å²) in [6, 6.07) is 0. The predicted molar refractivity (Wildman–Crippen MR) is 130 cm³/mol. The molecule has 2 aliphatic carbocycles. The van der Waals surface area contributed by atoms with Crippen LogP contribution in [-0.4, -0.2) is 0 Å².